The van der Waals surface area contributed by atoms with Gasteiger partial charge in [-0.1, -0.05) is 35.9 Å². The van der Waals surface area contributed by atoms with Crippen molar-refractivity contribution in [3.05, 3.63) is 108 Å². The smallest absolute Gasteiger partial charge is 0.349 e. The molecule has 10 nitrogen and oxygen atoms in total. The third kappa shape index (κ3) is 5.22. The van der Waals surface area contributed by atoms with Crippen molar-refractivity contribution in [3.63, 3.8) is 0 Å². The number of hydrogen-bond acceptors (Lipinski definition) is 7. The number of H-pyrrole nitrogens is 1. The molecule has 0 bridgehead atoms. The van der Waals surface area contributed by atoms with E-state index in [1.165, 1.54) is 24.4 Å². The predicted molar refractivity (Wildman–Crippen MR) is 132 cm³/mol. The van der Waals surface area contributed by atoms with Crippen LogP contribution in [0.15, 0.2) is 75.4 Å². The Labute approximate surface area is 203 Å². The number of ether oxygens (including phenoxy) is 2. The molecule has 0 aliphatic rings. The van der Waals surface area contributed by atoms with Gasteiger partial charge in [-0.25, -0.2) is 4.79 Å². The number of halogens is 1. The van der Waals surface area contributed by atoms with E-state index in [0.717, 1.165) is 4.68 Å². The minimum Gasteiger partial charge on any atom is -0.490 e. The Morgan fingerprint density at radius 3 is 2.69 bits per heavy atom. The van der Waals surface area contributed by atoms with E-state index in [-0.39, 0.29) is 23.1 Å². The van der Waals surface area contributed by atoms with Crippen LogP contribution in [-0.2, 0) is 6.61 Å². The minimum absolute atomic E-state index is 0.0246. The molecule has 0 unspecified atom stereocenters. The predicted octanol–water partition coefficient (Wildman–Crippen LogP) is 4.11. The first-order valence-electron chi connectivity index (χ1n) is 10.5. The summed E-state index contributed by atoms with van der Waals surface area (Å²) < 4.78 is 12.2. The lowest BCUT2D eigenvalue weighted by Crippen LogP contribution is -2.32. The van der Waals surface area contributed by atoms with Crippen LogP contribution < -0.4 is 20.7 Å². The first kappa shape index (κ1) is 23.7. The van der Waals surface area contributed by atoms with Crippen LogP contribution in [0.1, 0.15) is 18.1 Å². The van der Waals surface area contributed by atoms with Crippen LogP contribution in [0.4, 0.5) is 5.69 Å². The fraction of sp³-hybridized carbons (Fsp3) is 0.125. The van der Waals surface area contributed by atoms with Gasteiger partial charge in [0.2, 0.25) is 0 Å². The number of aromatic nitrogens is 2. The number of rotatable bonds is 8. The van der Waals surface area contributed by atoms with Gasteiger partial charge in [0.25, 0.3) is 11.2 Å². The highest BCUT2D eigenvalue weighted by molar-refractivity contribution is 6.32. The van der Waals surface area contributed by atoms with E-state index in [0.29, 0.717) is 34.4 Å². The Morgan fingerprint density at radius 1 is 1.11 bits per heavy atom. The number of fused-ring (bicyclic) bond motifs is 1. The van der Waals surface area contributed by atoms with Gasteiger partial charge in [0.1, 0.15) is 6.61 Å². The molecular formula is C24H19ClN4O6. The number of aromatic amines is 1. The largest absolute Gasteiger partial charge is 0.490 e. The molecule has 0 aliphatic heterocycles. The van der Waals surface area contributed by atoms with Crippen molar-refractivity contribution in [2.45, 2.75) is 13.5 Å². The maximum absolute atomic E-state index is 12.7. The summed E-state index contributed by atoms with van der Waals surface area (Å²) in [4.78, 5) is 38.1. The molecule has 0 amide bonds. The van der Waals surface area contributed by atoms with Crippen molar-refractivity contribution in [3.8, 4) is 11.5 Å². The summed E-state index contributed by atoms with van der Waals surface area (Å²) in [5.74, 6) is 0.560. The van der Waals surface area contributed by atoms with E-state index in [9.17, 15) is 19.7 Å². The highest BCUT2D eigenvalue weighted by Gasteiger charge is 2.14. The van der Waals surface area contributed by atoms with Gasteiger partial charge in [-0.15, -0.1) is 4.68 Å². The SMILES string of the molecule is CCOc1cc(C=Nn2c(=O)[nH]c3ccccc3c2=O)cc(Cl)c1OCc1cccc([N+](=O)[O-])c1. The van der Waals surface area contributed by atoms with E-state index < -0.39 is 16.2 Å². The zero-order valence-electron chi connectivity index (χ0n) is 18.4. The fourth-order valence-corrected chi connectivity index (χ4v) is 3.64. The molecule has 0 aliphatic carbocycles. The molecule has 3 aromatic carbocycles. The molecule has 0 spiro atoms. The van der Waals surface area contributed by atoms with E-state index in [1.54, 1.807) is 49.4 Å². The number of nitro groups is 1. The molecule has 35 heavy (non-hydrogen) atoms. The molecule has 178 valence electrons. The number of benzene rings is 3. The van der Waals surface area contributed by atoms with Crippen molar-refractivity contribution in [1.82, 2.24) is 9.66 Å². The summed E-state index contributed by atoms with van der Waals surface area (Å²) in [5, 5.41) is 15.5. The molecule has 1 N–H and O–H groups in total. The fourth-order valence-electron chi connectivity index (χ4n) is 3.36. The van der Waals surface area contributed by atoms with E-state index in [1.807, 2.05) is 0 Å². The van der Waals surface area contributed by atoms with Gasteiger partial charge >= 0.3 is 5.69 Å². The molecule has 1 heterocycles. The van der Waals surface area contributed by atoms with E-state index >= 15 is 0 Å². The van der Waals surface area contributed by atoms with E-state index in [4.69, 9.17) is 21.1 Å². The lowest BCUT2D eigenvalue weighted by Gasteiger charge is -2.14. The minimum atomic E-state index is -0.682. The van der Waals surface area contributed by atoms with Crippen LogP contribution in [0.3, 0.4) is 0 Å². The maximum Gasteiger partial charge on any atom is 0.349 e. The Morgan fingerprint density at radius 2 is 1.91 bits per heavy atom. The van der Waals surface area contributed by atoms with Crippen LogP contribution >= 0.6 is 11.6 Å². The number of hydrogen-bond donors (Lipinski definition) is 1. The average Bonchev–Trinajstić information content (AvgIpc) is 2.84. The second-order valence-electron chi connectivity index (χ2n) is 7.32. The van der Waals surface area contributed by atoms with Gasteiger partial charge in [0.15, 0.2) is 11.5 Å². The Hall–Kier alpha value is -4.44. The quantitative estimate of drug-likeness (QED) is 0.223. The van der Waals surface area contributed by atoms with Crippen LogP contribution in [0.25, 0.3) is 10.9 Å². The summed E-state index contributed by atoms with van der Waals surface area (Å²) in [7, 11) is 0. The van der Waals surface area contributed by atoms with Crippen LogP contribution in [0.5, 0.6) is 11.5 Å². The molecule has 0 atom stereocenters. The Bertz CT molecular complexity index is 1560. The van der Waals surface area contributed by atoms with Crippen LogP contribution in [0, 0.1) is 10.1 Å². The zero-order valence-corrected chi connectivity index (χ0v) is 19.2. The van der Waals surface area contributed by atoms with Crippen molar-refractivity contribution in [1.29, 1.82) is 0 Å². The molecule has 4 aromatic rings. The first-order valence-corrected chi connectivity index (χ1v) is 10.9. The lowest BCUT2D eigenvalue weighted by molar-refractivity contribution is -0.384. The maximum atomic E-state index is 12.7. The monoisotopic (exact) mass is 494 g/mol. The number of nitrogens with one attached hydrogen (secondary N) is 1. The zero-order chi connectivity index (χ0) is 24.9. The molecule has 0 saturated heterocycles. The third-order valence-corrected chi connectivity index (χ3v) is 5.22. The number of non-ortho nitro benzene ring substituents is 1. The number of para-hydroxylation sites is 1. The lowest BCUT2D eigenvalue weighted by atomic mass is 10.2. The summed E-state index contributed by atoms with van der Waals surface area (Å²) in [6.45, 7) is 2.12. The third-order valence-electron chi connectivity index (χ3n) is 4.94. The average molecular weight is 495 g/mol. The summed E-state index contributed by atoms with van der Waals surface area (Å²) in [6.07, 6.45) is 1.31. The van der Waals surface area contributed by atoms with Gasteiger partial charge in [-0.05, 0) is 42.3 Å². The van der Waals surface area contributed by atoms with Gasteiger partial charge in [-0.2, -0.15) is 5.10 Å². The molecule has 0 saturated carbocycles. The second kappa shape index (κ2) is 10.2. The summed E-state index contributed by atoms with van der Waals surface area (Å²) in [5.41, 5.74) is 0.166. The van der Waals surface area contributed by atoms with Gasteiger partial charge in [0, 0.05) is 12.1 Å². The standard InChI is InChI=1S/C24H19ClN4O6/c1-2-34-21-12-16(13-26-28-23(30)18-8-3-4-9-20(18)27-24(28)31)11-19(25)22(21)35-14-15-6-5-7-17(10-15)29(32)33/h3-13H,2,14H2,1H3,(H,27,31). The van der Waals surface area contributed by atoms with Crippen molar-refractivity contribution < 1.29 is 14.4 Å². The topological polar surface area (TPSA) is 129 Å². The van der Waals surface area contributed by atoms with Crippen molar-refractivity contribution in [2.24, 2.45) is 5.10 Å². The molecule has 0 fully saturated rings. The van der Waals surface area contributed by atoms with Gasteiger partial charge < -0.3 is 14.5 Å². The highest BCUT2D eigenvalue weighted by atomic mass is 35.5. The van der Waals surface area contributed by atoms with Gasteiger partial charge in [-0.3, -0.25) is 14.9 Å². The molecule has 11 heteroatoms. The van der Waals surface area contributed by atoms with Crippen molar-refractivity contribution in [2.75, 3.05) is 6.61 Å². The normalized spacial score (nSPS) is 11.1. The van der Waals surface area contributed by atoms with Crippen LogP contribution in [0.2, 0.25) is 5.02 Å². The van der Waals surface area contributed by atoms with Crippen molar-refractivity contribution >= 4 is 34.4 Å². The number of nitrogens with zero attached hydrogens (tertiary/aromatic N) is 3. The first-order chi connectivity index (χ1) is 16.9. The second-order valence-corrected chi connectivity index (χ2v) is 7.72. The Balaban J connectivity index is 1.63. The summed E-state index contributed by atoms with van der Waals surface area (Å²) in [6, 6.07) is 15.8. The van der Waals surface area contributed by atoms with Crippen LogP contribution in [-0.4, -0.2) is 27.4 Å². The van der Waals surface area contributed by atoms with E-state index in [2.05, 4.69) is 10.1 Å². The van der Waals surface area contributed by atoms with Gasteiger partial charge in [0.05, 0.1) is 33.7 Å². The molecule has 4 rings (SSSR count). The molecular weight excluding hydrogens is 476 g/mol. The highest BCUT2D eigenvalue weighted by Crippen LogP contribution is 2.37. The number of nitro benzene ring substituents is 1. The molecule has 1 aromatic heterocycles. The Kier molecular flexibility index (Phi) is 6.93. The summed E-state index contributed by atoms with van der Waals surface area (Å²) >= 11 is 6.43. The molecule has 0 radical (unpaired) electrons.